The van der Waals surface area contributed by atoms with Gasteiger partial charge in [0.1, 0.15) is 6.10 Å². The van der Waals surface area contributed by atoms with Crippen LogP contribution in [0.15, 0.2) is 23.3 Å². The van der Waals surface area contributed by atoms with Crippen molar-refractivity contribution in [2.75, 3.05) is 0 Å². The maximum absolute atomic E-state index is 11.9. The van der Waals surface area contributed by atoms with E-state index in [4.69, 9.17) is 4.74 Å². The van der Waals surface area contributed by atoms with Crippen molar-refractivity contribution < 1.29 is 14.3 Å². The van der Waals surface area contributed by atoms with Crippen LogP contribution in [0.1, 0.15) is 33.6 Å². The van der Waals surface area contributed by atoms with Gasteiger partial charge < -0.3 is 4.74 Å². The molecule has 96 valence electrons. The molecule has 1 unspecified atom stereocenters. The predicted octanol–water partition coefficient (Wildman–Crippen LogP) is 2.42. The Morgan fingerprint density at radius 3 is 2.83 bits per heavy atom. The van der Waals surface area contributed by atoms with Crippen LogP contribution in [0.2, 0.25) is 0 Å². The summed E-state index contributed by atoms with van der Waals surface area (Å²) in [6.45, 7) is 5.94. The molecule has 1 aliphatic heterocycles. The van der Waals surface area contributed by atoms with Crippen LogP contribution in [0, 0.1) is 17.3 Å². The monoisotopic (exact) mass is 246 g/mol. The molecule has 0 aromatic heterocycles. The molecule has 4 atom stereocenters. The number of rotatable bonds is 0. The lowest BCUT2D eigenvalue weighted by atomic mass is 9.62. The van der Waals surface area contributed by atoms with Crippen LogP contribution in [0.4, 0.5) is 0 Å². The van der Waals surface area contributed by atoms with Crippen molar-refractivity contribution in [3.63, 3.8) is 0 Å². The summed E-state index contributed by atoms with van der Waals surface area (Å²) in [4.78, 5) is 23.6. The second-order valence-electron chi connectivity index (χ2n) is 6.00. The zero-order valence-electron chi connectivity index (χ0n) is 11.0. The molecule has 0 amide bonds. The van der Waals surface area contributed by atoms with Gasteiger partial charge in [-0.2, -0.15) is 0 Å². The van der Waals surface area contributed by atoms with Gasteiger partial charge in [-0.15, -0.1) is 0 Å². The number of hydrogen-bond acceptors (Lipinski definition) is 3. The second kappa shape index (κ2) is 3.56. The Hall–Kier alpha value is -1.38. The summed E-state index contributed by atoms with van der Waals surface area (Å²) in [5.41, 5.74) is 1.71. The van der Waals surface area contributed by atoms with E-state index in [2.05, 4.69) is 6.92 Å². The molecule has 0 radical (unpaired) electrons. The van der Waals surface area contributed by atoms with Crippen molar-refractivity contribution >= 4 is 11.8 Å². The molecule has 1 heterocycles. The Labute approximate surface area is 107 Å². The highest BCUT2D eigenvalue weighted by Gasteiger charge is 2.52. The summed E-state index contributed by atoms with van der Waals surface area (Å²) in [6, 6.07) is 0. The lowest BCUT2D eigenvalue weighted by Gasteiger charge is -2.42. The minimum Gasteiger partial charge on any atom is -0.457 e. The molecule has 1 saturated carbocycles. The molecule has 2 aliphatic carbocycles. The Morgan fingerprint density at radius 1 is 1.39 bits per heavy atom. The van der Waals surface area contributed by atoms with Gasteiger partial charge in [-0.3, -0.25) is 9.59 Å². The van der Waals surface area contributed by atoms with Crippen LogP contribution in [0.3, 0.4) is 0 Å². The summed E-state index contributed by atoms with van der Waals surface area (Å²) in [5.74, 6) is 0.144. The van der Waals surface area contributed by atoms with E-state index >= 15 is 0 Å². The lowest BCUT2D eigenvalue weighted by molar-refractivity contribution is -0.143. The predicted molar refractivity (Wildman–Crippen MR) is 66.7 cm³/mol. The zero-order chi connectivity index (χ0) is 13.1. The van der Waals surface area contributed by atoms with Gasteiger partial charge in [-0.1, -0.05) is 19.9 Å². The van der Waals surface area contributed by atoms with Gasteiger partial charge in [-0.25, -0.2) is 0 Å². The van der Waals surface area contributed by atoms with Gasteiger partial charge in [0.2, 0.25) is 0 Å². The fourth-order valence-electron chi connectivity index (χ4n) is 3.69. The largest absolute Gasteiger partial charge is 0.457 e. The number of ether oxygens (including phenoxy) is 1. The molecule has 1 saturated heterocycles. The highest BCUT2D eigenvalue weighted by Crippen LogP contribution is 2.52. The molecule has 3 aliphatic rings. The number of fused-ring (bicyclic) bond motifs is 3. The molecule has 3 nitrogen and oxygen atoms in total. The molecule has 3 heteroatoms. The van der Waals surface area contributed by atoms with Crippen LogP contribution in [0.25, 0.3) is 0 Å². The van der Waals surface area contributed by atoms with E-state index in [1.807, 2.05) is 19.9 Å². The van der Waals surface area contributed by atoms with Crippen molar-refractivity contribution in [2.45, 2.75) is 39.7 Å². The van der Waals surface area contributed by atoms with E-state index in [0.29, 0.717) is 0 Å². The molecule has 0 N–H and O–H groups in total. The van der Waals surface area contributed by atoms with Crippen molar-refractivity contribution in [3.8, 4) is 0 Å². The highest BCUT2D eigenvalue weighted by atomic mass is 16.6. The summed E-state index contributed by atoms with van der Waals surface area (Å²) >= 11 is 0. The van der Waals surface area contributed by atoms with Gasteiger partial charge in [0.05, 0.1) is 5.92 Å². The average Bonchev–Trinajstić information content (AvgIpc) is 2.60. The van der Waals surface area contributed by atoms with Gasteiger partial charge in [0.25, 0.3) is 0 Å². The highest BCUT2D eigenvalue weighted by molar-refractivity contribution is 6.05. The van der Waals surface area contributed by atoms with Crippen LogP contribution >= 0.6 is 0 Å². The van der Waals surface area contributed by atoms with Crippen LogP contribution in [-0.2, 0) is 14.3 Å². The van der Waals surface area contributed by atoms with Crippen LogP contribution in [-0.4, -0.2) is 17.9 Å². The minimum absolute atomic E-state index is 0.0409. The van der Waals surface area contributed by atoms with Gasteiger partial charge in [0, 0.05) is 16.9 Å². The summed E-state index contributed by atoms with van der Waals surface area (Å²) in [7, 11) is 0. The van der Waals surface area contributed by atoms with Crippen molar-refractivity contribution in [2.24, 2.45) is 17.3 Å². The third kappa shape index (κ3) is 1.36. The molecule has 3 rings (SSSR count). The molecule has 0 aromatic rings. The minimum atomic E-state index is -0.180. The van der Waals surface area contributed by atoms with Crippen molar-refractivity contribution in [1.29, 1.82) is 0 Å². The number of esters is 1. The number of allylic oxidation sites excluding steroid dienone is 3. The first-order valence-corrected chi connectivity index (χ1v) is 6.59. The van der Waals surface area contributed by atoms with Gasteiger partial charge in [-0.05, 0) is 31.4 Å². The molecule has 2 fully saturated rings. The first-order chi connectivity index (χ1) is 8.44. The SMILES string of the molecule is CC1=C2[C@H]3OC(=O)[C@@H](C)C3CC[C@@]2(C)C=CC1=O. The maximum atomic E-state index is 11.9. The molecule has 0 spiro atoms. The quantitative estimate of drug-likeness (QED) is 0.616. The average molecular weight is 246 g/mol. The number of carbonyl (C=O) groups excluding carboxylic acids is 2. The third-order valence-corrected chi connectivity index (χ3v) is 4.92. The summed E-state index contributed by atoms with van der Waals surface area (Å²) in [5, 5.41) is 0. The Balaban J connectivity index is 2.10. The van der Waals surface area contributed by atoms with Gasteiger partial charge in [0.15, 0.2) is 5.78 Å². The molecular weight excluding hydrogens is 228 g/mol. The van der Waals surface area contributed by atoms with Crippen LogP contribution < -0.4 is 0 Å². The number of ketones is 1. The molecule has 18 heavy (non-hydrogen) atoms. The van der Waals surface area contributed by atoms with E-state index in [1.165, 1.54) is 0 Å². The Bertz CT molecular complexity index is 500. The summed E-state index contributed by atoms with van der Waals surface area (Å²) in [6.07, 6.45) is 5.46. The Kier molecular flexibility index (Phi) is 2.31. The molecule has 0 aromatic carbocycles. The first kappa shape index (κ1) is 11.7. The van der Waals surface area contributed by atoms with Crippen LogP contribution in [0.5, 0.6) is 0 Å². The summed E-state index contributed by atoms with van der Waals surface area (Å²) < 4.78 is 5.55. The fourth-order valence-corrected chi connectivity index (χ4v) is 3.69. The van der Waals surface area contributed by atoms with E-state index in [-0.39, 0.29) is 35.1 Å². The van der Waals surface area contributed by atoms with Gasteiger partial charge >= 0.3 is 5.97 Å². The van der Waals surface area contributed by atoms with Crippen molar-refractivity contribution in [1.82, 2.24) is 0 Å². The van der Waals surface area contributed by atoms with E-state index in [0.717, 1.165) is 24.0 Å². The normalized spacial score (nSPS) is 42.7. The number of carbonyl (C=O) groups is 2. The standard InChI is InChI=1S/C15H18O3/c1-8-10-4-6-15(3)7-5-11(16)9(2)12(15)13(10)18-14(8)17/h5,7-8,10,13H,4,6H2,1-3H3/t8-,10?,13-,15-/m0/s1. The first-order valence-electron chi connectivity index (χ1n) is 6.59. The lowest BCUT2D eigenvalue weighted by Crippen LogP contribution is -2.39. The molecule has 0 bridgehead atoms. The second-order valence-corrected chi connectivity index (χ2v) is 6.00. The fraction of sp³-hybridized carbons (Fsp3) is 0.600. The zero-order valence-corrected chi connectivity index (χ0v) is 11.0. The van der Waals surface area contributed by atoms with E-state index in [9.17, 15) is 9.59 Å². The molecular formula is C15H18O3. The van der Waals surface area contributed by atoms with E-state index < -0.39 is 0 Å². The third-order valence-electron chi connectivity index (χ3n) is 4.92. The maximum Gasteiger partial charge on any atom is 0.309 e. The topological polar surface area (TPSA) is 43.4 Å². The smallest absolute Gasteiger partial charge is 0.309 e. The Morgan fingerprint density at radius 2 is 2.11 bits per heavy atom. The van der Waals surface area contributed by atoms with Crippen molar-refractivity contribution in [3.05, 3.63) is 23.3 Å². The number of hydrogen-bond donors (Lipinski definition) is 0. The van der Waals surface area contributed by atoms with E-state index in [1.54, 1.807) is 6.08 Å².